The third kappa shape index (κ3) is 3.65. The SMILES string of the molecule is c1ccc(CNC(CON=C2c3ccccc3-n3cccc32)c2ccccc2)cc1. The van der Waals surface area contributed by atoms with Gasteiger partial charge in [0.2, 0.25) is 0 Å². The summed E-state index contributed by atoms with van der Waals surface area (Å²) >= 11 is 0. The monoisotopic (exact) mass is 393 g/mol. The van der Waals surface area contributed by atoms with Gasteiger partial charge >= 0.3 is 0 Å². The fraction of sp³-hybridized carbons (Fsp3) is 0.115. The number of hydrogen-bond donors (Lipinski definition) is 1. The van der Waals surface area contributed by atoms with Crippen molar-refractivity contribution in [3.05, 3.63) is 126 Å². The van der Waals surface area contributed by atoms with E-state index >= 15 is 0 Å². The molecule has 0 bridgehead atoms. The van der Waals surface area contributed by atoms with Gasteiger partial charge in [-0.3, -0.25) is 0 Å². The molecule has 4 nitrogen and oxygen atoms in total. The first kappa shape index (κ1) is 18.4. The highest BCUT2D eigenvalue weighted by atomic mass is 16.6. The van der Waals surface area contributed by atoms with E-state index in [-0.39, 0.29) is 6.04 Å². The van der Waals surface area contributed by atoms with E-state index in [0.29, 0.717) is 6.61 Å². The van der Waals surface area contributed by atoms with Gasteiger partial charge in [0.1, 0.15) is 12.3 Å². The molecule has 30 heavy (non-hydrogen) atoms. The largest absolute Gasteiger partial charge is 0.393 e. The predicted molar refractivity (Wildman–Crippen MR) is 120 cm³/mol. The first-order chi connectivity index (χ1) is 14.9. The topological polar surface area (TPSA) is 38.5 Å². The van der Waals surface area contributed by atoms with Gasteiger partial charge in [0.25, 0.3) is 0 Å². The van der Waals surface area contributed by atoms with Gasteiger partial charge < -0.3 is 14.7 Å². The average molecular weight is 393 g/mol. The third-order valence-electron chi connectivity index (χ3n) is 5.40. The molecule has 3 aromatic carbocycles. The summed E-state index contributed by atoms with van der Waals surface area (Å²) in [5, 5.41) is 8.17. The zero-order chi connectivity index (χ0) is 20.2. The summed E-state index contributed by atoms with van der Waals surface area (Å²) in [6, 6.07) is 33.2. The molecular weight excluding hydrogens is 370 g/mol. The van der Waals surface area contributed by atoms with Crippen molar-refractivity contribution in [2.24, 2.45) is 5.16 Å². The first-order valence-electron chi connectivity index (χ1n) is 10.2. The molecule has 0 fully saturated rings. The molecule has 4 heteroatoms. The summed E-state index contributed by atoms with van der Waals surface area (Å²) in [7, 11) is 0. The van der Waals surface area contributed by atoms with E-state index < -0.39 is 0 Å². The third-order valence-corrected chi connectivity index (χ3v) is 5.40. The summed E-state index contributed by atoms with van der Waals surface area (Å²) in [6.45, 7) is 1.22. The lowest BCUT2D eigenvalue weighted by molar-refractivity contribution is 0.119. The Kier molecular flexibility index (Phi) is 5.15. The van der Waals surface area contributed by atoms with Gasteiger partial charge in [0, 0.05) is 18.3 Å². The molecule has 1 N–H and O–H groups in total. The van der Waals surface area contributed by atoms with Crippen molar-refractivity contribution in [2.75, 3.05) is 6.61 Å². The van der Waals surface area contributed by atoms with Crippen LogP contribution in [-0.2, 0) is 11.4 Å². The number of nitrogens with zero attached hydrogens (tertiary/aromatic N) is 2. The number of fused-ring (bicyclic) bond motifs is 3. The first-order valence-corrected chi connectivity index (χ1v) is 10.2. The van der Waals surface area contributed by atoms with Crippen LogP contribution >= 0.6 is 0 Å². The van der Waals surface area contributed by atoms with E-state index in [2.05, 4.69) is 88.0 Å². The number of hydrogen-bond acceptors (Lipinski definition) is 3. The molecule has 148 valence electrons. The maximum Gasteiger partial charge on any atom is 0.136 e. The van der Waals surface area contributed by atoms with Crippen LogP contribution in [0.3, 0.4) is 0 Å². The quantitative estimate of drug-likeness (QED) is 0.391. The van der Waals surface area contributed by atoms with Crippen LogP contribution in [0.25, 0.3) is 5.69 Å². The predicted octanol–water partition coefficient (Wildman–Crippen LogP) is 5.09. The molecular formula is C26H23N3O. The Labute approximate surface area is 176 Å². The number of nitrogens with one attached hydrogen (secondary N) is 1. The second-order valence-electron chi connectivity index (χ2n) is 7.35. The molecule has 0 radical (unpaired) electrons. The van der Waals surface area contributed by atoms with Crippen LogP contribution in [0.15, 0.2) is 108 Å². The second kappa shape index (κ2) is 8.39. The van der Waals surface area contributed by atoms with Crippen molar-refractivity contribution in [2.45, 2.75) is 12.6 Å². The highest BCUT2D eigenvalue weighted by molar-refractivity contribution is 6.17. The summed E-state index contributed by atoms with van der Waals surface area (Å²) in [4.78, 5) is 5.92. The number of oxime groups is 1. The summed E-state index contributed by atoms with van der Waals surface area (Å²) in [5.74, 6) is 0. The molecule has 1 aliphatic heterocycles. The lowest BCUT2D eigenvalue weighted by Gasteiger charge is -2.18. The van der Waals surface area contributed by atoms with Crippen molar-refractivity contribution >= 4 is 5.71 Å². The zero-order valence-electron chi connectivity index (χ0n) is 16.6. The lowest BCUT2D eigenvalue weighted by Crippen LogP contribution is -2.25. The van der Waals surface area contributed by atoms with Crippen molar-refractivity contribution in [1.82, 2.24) is 9.88 Å². The highest BCUT2D eigenvalue weighted by Gasteiger charge is 2.24. The number of para-hydroxylation sites is 1. The fourth-order valence-electron chi connectivity index (χ4n) is 3.87. The van der Waals surface area contributed by atoms with Gasteiger partial charge in [-0.2, -0.15) is 0 Å². The van der Waals surface area contributed by atoms with Gasteiger partial charge in [-0.25, -0.2) is 0 Å². The maximum absolute atomic E-state index is 5.92. The highest BCUT2D eigenvalue weighted by Crippen LogP contribution is 2.28. The normalized spacial score (nSPS) is 14.3. The Hall–Kier alpha value is -3.63. The lowest BCUT2D eigenvalue weighted by atomic mass is 10.1. The van der Waals surface area contributed by atoms with E-state index in [0.717, 1.165) is 29.2 Å². The Morgan fingerprint density at radius 1 is 0.800 bits per heavy atom. The Morgan fingerprint density at radius 2 is 1.53 bits per heavy atom. The molecule has 0 spiro atoms. The molecule has 1 aromatic heterocycles. The van der Waals surface area contributed by atoms with Gasteiger partial charge in [-0.1, -0.05) is 84.0 Å². The van der Waals surface area contributed by atoms with Crippen LogP contribution in [-0.4, -0.2) is 16.9 Å². The van der Waals surface area contributed by atoms with Crippen molar-refractivity contribution in [3.8, 4) is 5.69 Å². The molecule has 0 saturated heterocycles. The molecule has 0 amide bonds. The molecule has 2 heterocycles. The Morgan fingerprint density at radius 3 is 2.37 bits per heavy atom. The van der Waals surface area contributed by atoms with E-state index in [9.17, 15) is 0 Å². The molecule has 0 aliphatic carbocycles. The van der Waals surface area contributed by atoms with Crippen molar-refractivity contribution in [1.29, 1.82) is 0 Å². The van der Waals surface area contributed by atoms with Crippen molar-refractivity contribution in [3.63, 3.8) is 0 Å². The second-order valence-corrected chi connectivity index (χ2v) is 7.35. The smallest absolute Gasteiger partial charge is 0.136 e. The van der Waals surface area contributed by atoms with E-state index in [4.69, 9.17) is 4.84 Å². The standard InChI is InChI=1S/C26H23N3O/c1-3-10-20(11-4-1)18-27-23(21-12-5-2-6-13-21)19-30-28-26-22-14-7-8-15-24(22)29-17-9-16-25(26)29/h1-17,23,27H,18-19H2. The van der Waals surface area contributed by atoms with E-state index in [1.54, 1.807) is 0 Å². The summed E-state index contributed by atoms with van der Waals surface area (Å²) in [5.41, 5.74) is 6.61. The fourth-order valence-corrected chi connectivity index (χ4v) is 3.87. The minimum absolute atomic E-state index is 0.0409. The van der Waals surface area contributed by atoms with Crippen LogP contribution in [0.4, 0.5) is 0 Å². The minimum atomic E-state index is 0.0409. The van der Waals surface area contributed by atoms with Gasteiger partial charge in [0.05, 0.1) is 17.4 Å². The van der Waals surface area contributed by atoms with Crippen LogP contribution in [0.1, 0.15) is 28.4 Å². The number of aromatic nitrogens is 1. The van der Waals surface area contributed by atoms with Gasteiger partial charge in [-0.15, -0.1) is 0 Å². The Balaban J connectivity index is 1.35. The number of benzene rings is 3. The van der Waals surface area contributed by atoms with E-state index in [1.807, 2.05) is 30.3 Å². The summed E-state index contributed by atoms with van der Waals surface area (Å²) in [6.07, 6.45) is 2.06. The minimum Gasteiger partial charge on any atom is -0.393 e. The maximum atomic E-state index is 5.92. The van der Waals surface area contributed by atoms with Gasteiger partial charge in [0.15, 0.2) is 0 Å². The zero-order valence-corrected chi connectivity index (χ0v) is 16.6. The van der Waals surface area contributed by atoms with Crippen LogP contribution in [0.2, 0.25) is 0 Å². The molecule has 0 saturated carbocycles. The van der Waals surface area contributed by atoms with Crippen LogP contribution < -0.4 is 5.32 Å². The molecule has 4 aromatic rings. The average Bonchev–Trinajstić information content (AvgIpc) is 3.39. The number of rotatable bonds is 7. The molecule has 1 unspecified atom stereocenters. The molecule has 1 aliphatic rings. The van der Waals surface area contributed by atoms with Crippen LogP contribution in [0.5, 0.6) is 0 Å². The van der Waals surface area contributed by atoms with Crippen molar-refractivity contribution < 1.29 is 4.84 Å². The van der Waals surface area contributed by atoms with E-state index in [1.165, 1.54) is 11.1 Å². The van der Waals surface area contributed by atoms with Crippen LogP contribution in [0, 0.1) is 0 Å². The molecule has 5 rings (SSSR count). The molecule has 1 atom stereocenters. The van der Waals surface area contributed by atoms with Gasteiger partial charge in [-0.05, 0) is 29.3 Å². The Bertz CT molecular complexity index is 1150. The summed E-state index contributed by atoms with van der Waals surface area (Å²) < 4.78 is 2.15.